The fourth-order valence-corrected chi connectivity index (χ4v) is 2.10. The highest BCUT2D eigenvalue weighted by atomic mass is 16.5. The van der Waals surface area contributed by atoms with Crippen molar-refractivity contribution in [2.45, 2.75) is 19.9 Å². The van der Waals surface area contributed by atoms with Crippen LogP contribution in [0.25, 0.3) is 0 Å². The molecule has 0 bridgehead atoms. The van der Waals surface area contributed by atoms with Crippen molar-refractivity contribution < 1.29 is 19.1 Å². The molecule has 0 aliphatic carbocycles. The summed E-state index contributed by atoms with van der Waals surface area (Å²) in [6, 6.07) is -0.587. The van der Waals surface area contributed by atoms with Crippen LogP contribution in [0, 0.1) is 5.92 Å². The van der Waals surface area contributed by atoms with Gasteiger partial charge in [-0.05, 0) is 5.92 Å². The Kier molecular flexibility index (Phi) is 5.40. The van der Waals surface area contributed by atoms with Crippen LogP contribution in [0.5, 0.6) is 0 Å². The molecule has 1 aliphatic rings. The third-order valence-electron chi connectivity index (χ3n) is 2.89. The van der Waals surface area contributed by atoms with E-state index in [-0.39, 0.29) is 0 Å². The van der Waals surface area contributed by atoms with Gasteiger partial charge in [0.15, 0.2) is 0 Å². The van der Waals surface area contributed by atoms with Gasteiger partial charge in [-0.2, -0.15) is 0 Å². The summed E-state index contributed by atoms with van der Waals surface area (Å²) in [6.07, 6.45) is -0.484. The van der Waals surface area contributed by atoms with Crippen molar-refractivity contribution in [1.29, 1.82) is 0 Å². The number of carbonyl (C=O) groups is 2. The Morgan fingerprint density at radius 2 is 1.83 bits per heavy atom. The Hall–Kier alpha value is -1.30. The van der Waals surface area contributed by atoms with Gasteiger partial charge in [0.1, 0.15) is 6.04 Å². The second-order valence-electron chi connectivity index (χ2n) is 4.64. The molecule has 1 radical (unpaired) electrons. The molecular weight excluding hydrogens is 236 g/mol. The van der Waals surface area contributed by atoms with Crippen molar-refractivity contribution in [1.82, 2.24) is 9.80 Å². The quantitative estimate of drug-likeness (QED) is 0.690. The van der Waals surface area contributed by atoms with Crippen molar-refractivity contribution in [3.63, 3.8) is 0 Å². The molecule has 103 valence electrons. The fraction of sp³-hybridized carbons (Fsp3) is 0.750. The van der Waals surface area contributed by atoms with Gasteiger partial charge >= 0.3 is 12.1 Å². The zero-order valence-electron chi connectivity index (χ0n) is 11.4. The van der Waals surface area contributed by atoms with E-state index in [1.54, 1.807) is 0 Å². The lowest BCUT2D eigenvalue weighted by Gasteiger charge is -2.39. The molecule has 1 saturated heterocycles. The topological polar surface area (TPSA) is 59.1 Å². The number of piperazine rings is 1. The van der Waals surface area contributed by atoms with Gasteiger partial charge in [0.25, 0.3) is 0 Å². The van der Waals surface area contributed by atoms with E-state index in [2.05, 4.69) is 9.64 Å². The lowest BCUT2D eigenvalue weighted by molar-refractivity contribution is -0.148. The Bertz CT molecular complexity index is 306. The van der Waals surface area contributed by atoms with Crippen LogP contribution in [0.4, 0.5) is 4.79 Å². The standard InChI is InChI=1S/C12H21N2O4/c1-9(2)7-13-5-6-14(12(16)18-4)10(8-13)11(15)17-3/h10H,5-8H2,1-4H3. The largest absolute Gasteiger partial charge is 0.467 e. The Morgan fingerprint density at radius 1 is 1.17 bits per heavy atom. The molecule has 1 rings (SSSR count). The number of hydrogen-bond acceptors (Lipinski definition) is 5. The Morgan fingerprint density at radius 3 is 2.33 bits per heavy atom. The fourth-order valence-electron chi connectivity index (χ4n) is 2.10. The maximum absolute atomic E-state index is 11.7. The van der Waals surface area contributed by atoms with Gasteiger partial charge in [-0.15, -0.1) is 0 Å². The van der Waals surface area contributed by atoms with Crippen LogP contribution in [-0.2, 0) is 14.3 Å². The maximum Gasteiger partial charge on any atom is 0.410 e. The summed E-state index contributed by atoms with van der Waals surface area (Å²) in [5.41, 5.74) is 0. The van der Waals surface area contributed by atoms with E-state index in [0.29, 0.717) is 13.1 Å². The molecule has 6 heteroatoms. The van der Waals surface area contributed by atoms with Crippen molar-refractivity contribution in [2.75, 3.05) is 40.4 Å². The zero-order chi connectivity index (χ0) is 13.7. The smallest absolute Gasteiger partial charge is 0.410 e. The highest BCUT2D eigenvalue weighted by molar-refractivity contribution is 5.81. The van der Waals surface area contributed by atoms with E-state index >= 15 is 0 Å². The molecule has 0 aromatic rings. The van der Waals surface area contributed by atoms with Crippen molar-refractivity contribution in [2.24, 2.45) is 0 Å². The average molecular weight is 257 g/mol. The van der Waals surface area contributed by atoms with Crippen molar-refractivity contribution in [3.8, 4) is 0 Å². The number of rotatable bonds is 3. The molecule has 0 saturated carbocycles. The minimum absolute atomic E-state index is 0.404. The predicted molar refractivity (Wildman–Crippen MR) is 65.9 cm³/mol. The zero-order valence-corrected chi connectivity index (χ0v) is 11.4. The summed E-state index contributed by atoms with van der Waals surface area (Å²) in [5.74, 6) is 0.865. The van der Waals surface area contributed by atoms with Gasteiger partial charge in [0.05, 0.1) is 14.2 Å². The summed E-state index contributed by atoms with van der Waals surface area (Å²) in [4.78, 5) is 26.9. The van der Waals surface area contributed by atoms with Gasteiger partial charge < -0.3 is 9.47 Å². The first-order chi connectivity index (χ1) is 8.49. The SMILES string of the molecule is COC(=O)C1CN(C[C](C)C)CCN1C(=O)OC. The predicted octanol–water partition coefficient (Wildman–Crippen LogP) is 0.526. The van der Waals surface area contributed by atoms with Gasteiger partial charge in [-0.25, -0.2) is 9.59 Å². The van der Waals surface area contributed by atoms with E-state index in [0.717, 1.165) is 13.1 Å². The van der Waals surface area contributed by atoms with Gasteiger partial charge in [-0.1, -0.05) is 13.8 Å². The summed E-state index contributed by atoms with van der Waals surface area (Å²) in [6.45, 7) is 6.59. The van der Waals surface area contributed by atoms with Gasteiger partial charge in [-0.3, -0.25) is 9.80 Å². The third kappa shape index (κ3) is 3.60. The molecule has 6 nitrogen and oxygen atoms in total. The van der Waals surface area contributed by atoms with Crippen LogP contribution < -0.4 is 0 Å². The van der Waals surface area contributed by atoms with Crippen LogP contribution in [0.3, 0.4) is 0 Å². The first-order valence-corrected chi connectivity index (χ1v) is 5.93. The lowest BCUT2D eigenvalue weighted by atomic mass is 10.1. The number of nitrogens with zero attached hydrogens (tertiary/aromatic N) is 2. The highest BCUT2D eigenvalue weighted by Crippen LogP contribution is 2.14. The Labute approximate surface area is 108 Å². The first kappa shape index (κ1) is 14.8. The van der Waals surface area contributed by atoms with Crippen LogP contribution in [0.15, 0.2) is 0 Å². The normalized spacial score (nSPS) is 20.9. The van der Waals surface area contributed by atoms with Crippen LogP contribution in [0.1, 0.15) is 13.8 Å². The van der Waals surface area contributed by atoms with Gasteiger partial charge in [0, 0.05) is 26.2 Å². The molecule has 1 unspecified atom stereocenters. The van der Waals surface area contributed by atoms with E-state index in [4.69, 9.17) is 4.74 Å². The van der Waals surface area contributed by atoms with E-state index < -0.39 is 18.1 Å². The van der Waals surface area contributed by atoms with Crippen molar-refractivity contribution >= 4 is 12.1 Å². The second kappa shape index (κ2) is 6.58. The molecule has 1 atom stereocenters. The first-order valence-electron chi connectivity index (χ1n) is 5.93. The second-order valence-corrected chi connectivity index (χ2v) is 4.64. The number of carbonyl (C=O) groups excluding carboxylic acids is 2. The lowest BCUT2D eigenvalue weighted by Crippen LogP contribution is -2.58. The average Bonchev–Trinajstić information content (AvgIpc) is 2.36. The Balaban J connectivity index is 2.73. The number of amides is 1. The van der Waals surface area contributed by atoms with Crippen LogP contribution in [0.2, 0.25) is 0 Å². The molecule has 1 aliphatic heterocycles. The van der Waals surface area contributed by atoms with Gasteiger partial charge in [0.2, 0.25) is 0 Å². The summed E-state index contributed by atoms with van der Waals surface area (Å²) >= 11 is 0. The molecule has 0 spiro atoms. The maximum atomic E-state index is 11.7. The highest BCUT2D eigenvalue weighted by Gasteiger charge is 2.36. The van der Waals surface area contributed by atoms with E-state index in [1.807, 2.05) is 13.8 Å². The van der Waals surface area contributed by atoms with Crippen molar-refractivity contribution in [3.05, 3.63) is 5.92 Å². The molecule has 1 amide bonds. The van der Waals surface area contributed by atoms with Crippen LogP contribution >= 0.6 is 0 Å². The molecular formula is C12H21N2O4. The van der Waals surface area contributed by atoms with Crippen LogP contribution in [-0.4, -0.2) is 68.3 Å². The number of methoxy groups -OCH3 is 2. The third-order valence-corrected chi connectivity index (χ3v) is 2.89. The minimum Gasteiger partial charge on any atom is -0.467 e. The number of hydrogen-bond donors (Lipinski definition) is 0. The molecule has 0 aromatic heterocycles. The molecule has 18 heavy (non-hydrogen) atoms. The molecule has 1 heterocycles. The molecule has 0 aromatic carbocycles. The summed E-state index contributed by atoms with van der Waals surface area (Å²) < 4.78 is 9.43. The van der Waals surface area contributed by atoms with E-state index in [1.165, 1.54) is 25.0 Å². The number of esters is 1. The van der Waals surface area contributed by atoms with E-state index in [9.17, 15) is 9.59 Å². The molecule has 1 fully saturated rings. The molecule has 0 N–H and O–H groups in total. The summed E-state index contributed by atoms with van der Waals surface area (Å²) in [5, 5.41) is 0. The monoisotopic (exact) mass is 257 g/mol. The number of ether oxygens (including phenoxy) is 2. The summed E-state index contributed by atoms with van der Waals surface area (Å²) in [7, 11) is 2.64. The minimum atomic E-state index is -0.587.